The molecule has 0 aliphatic carbocycles. The average molecular weight is 230 g/mol. The van der Waals surface area contributed by atoms with Gasteiger partial charge in [-0.05, 0) is 6.07 Å². The van der Waals surface area contributed by atoms with Crippen molar-refractivity contribution < 1.29 is 8.42 Å². The van der Waals surface area contributed by atoms with E-state index in [9.17, 15) is 8.42 Å². The molecule has 0 fully saturated rings. The van der Waals surface area contributed by atoms with Gasteiger partial charge in [-0.2, -0.15) is 0 Å². The predicted octanol–water partition coefficient (Wildman–Crippen LogP) is 2.11. The van der Waals surface area contributed by atoms with Gasteiger partial charge < -0.3 is 4.57 Å². The normalized spacial score (nSPS) is 12.1. The Balaban J connectivity index is 2.93. The molecule has 0 atom stereocenters. The highest BCUT2D eigenvalue weighted by atomic mass is 35.7. The molecule has 0 N–H and O–H groups in total. The Labute approximate surface area is 86.3 Å². The maximum atomic E-state index is 11.2. The fraction of sp³-hybridized carbons (Fsp3) is 0.111. The summed E-state index contributed by atoms with van der Waals surface area (Å²) in [4.78, 5) is 0.164. The van der Waals surface area contributed by atoms with Gasteiger partial charge in [-0.1, -0.05) is 18.2 Å². The monoisotopic (exact) mass is 229 g/mol. The van der Waals surface area contributed by atoms with Crippen molar-refractivity contribution >= 4 is 30.6 Å². The molecular weight excluding hydrogens is 222 g/mol. The van der Waals surface area contributed by atoms with E-state index in [1.165, 1.54) is 6.20 Å². The van der Waals surface area contributed by atoms with Gasteiger partial charge >= 0.3 is 0 Å². The first kappa shape index (κ1) is 9.55. The summed E-state index contributed by atoms with van der Waals surface area (Å²) in [7, 11) is 3.44. The molecule has 0 saturated heterocycles. The maximum absolute atomic E-state index is 11.2. The highest BCUT2D eigenvalue weighted by Crippen LogP contribution is 2.26. The Morgan fingerprint density at radius 3 is 2.57 bits per heavy atom. The van der Waals surface area contributed by atoms with Gasteiger partial charge in [0.1, 0.15) is 4.90 Å². The van der Waals surface area contributed by atoms with Crippen LogP contribution in [0.3, 0.4) is 0 Å². The van der Waals surface area contributed by atoms with E-state index in [1.54, 1.807) is 23.7 Å². The smallest absolute Gasteiger partial charge is 0.263 e. The van der Waals surface area contributed by atoms with E-state index in [1.807, 2.05) is 12.1 Å². The van der Waals surface area contributed by atoms with Crippen molar-refractivity contribution in [2.75, 3.05) is 0 Å². The van der Waals surface area contributed by atoms with Gasteiger partial charge in [-0.3, -0.25) is 0 Å². The third-order valence-electron chi connectivity index (χ3n) is 2.12. The third kappa shape index (κ3) is 1.40. The van der Waals surface area contributed by atoms with Crippen molar-refractivity contribution in [1.82, 2.24) is 4.57 Å². The minimum Gasteiger partial charge on any atom is -0.349 e. The molecule has 0 bridgehead atoms. The summed E-state index contributed by atoms with van der Waals surface area (Å²) in [5.41, 5.74) is 0.853. The molecule has 1 heterocycles. The second kappa shape index (κ2) is 3.00. The van der Waals surface area contributed by atoms with E-state index >= 15 is 0 Å². The molecule has 2 aromatic rings. The zero-order valence-electron chi connectivity index (χ0n) is 7.44. The lowest BCUT2D eigenvalue weighted by Gasteiger charge is -1.93. The van der Waals surface area contributed by atoms with E-state index < -0.39 is 9.05 Å². The average Bonchev–Trinajstić information content (AvgIpc) is 2.44. The highest BCUT2D eigenvalue weighted by molar-refractivity contribution is 8.14. The number of rotatable bonds is 1. The van der Waals surface area contributed by atoms with Crippen LogP contribution in [-0.4, -0.2) is 13.0 Å². The van der Waals surface area contributed by atoms with Crippen LogP contribution in [0.2, 0.25) is 0 Å². The molecular formula is C9H8ClNO2S. The number of fused-ring (bicyclic) bond motifs is 1. The van der Waals surface area contributed by atoms with Crippen LogP contribution in [0.15, 0.2) is 35.4 Å². The summed E-state index contributed by atoms with van der Waals surface area (Å²) in [6.45, 7) is 0. The number of hydrogen-bond acceptors (Lipinski definition) is 2. The molecule has 0 amide bonds. The maximum Gasteiger partial charge on any atom is 0.263 e. The lowest BCUT2D eigenvalue weighted by atomic mass is 10.2. The van der Waals surface area contributed by atoms with Gasteiger partial charge in [0.25, 0.3) is 9.05 Å². The Morgan fingerprint density at radius 1 is 1.29 bits per heavy atom. The highest BCUT2D eigenvalue weighted by Gasteiger charge is 2.16. The number of nitrogens with zero attached hydrogens (tertiary/aromatic N) is 1. The SMILES string of the molecule is Cn1cc(S(=O)(=O)Cl)c2ccccc21. The molecule has 0 radical (unpaired) electrons. The van der Waals surface area contributed by atoms with Crippen molar-refractivity contribution in [3.63, 3.8) is 0 Å². The molecule has 14 heavy (non-hydrogen) atoms. The zero-order valence-corrected chi connectivity index (χ0v) is 9.01. The van der Waals surface area contributed by atoms with E-state index in [4.69, 9.17) is 10.7 Å². The van der Waals surface area contributed by atoms with Crippen LogP contribution in [0, 0.1) is 0 Å². The van der Waals surface area contributed by atoms with Gasteiger partial charge in [0.15, 0.2) is 0 Å². The van der Waals surface area contributed by atoms with Crippen molar-refractivity contribution in [3.05, 3.63) is 30.5 Å². The number of halogens is 1. The van der Waals surface area contributed by atoms with Crippen LogP contribution in [0.25, 0.3) is 10.9 Å². The first-order valence-corrected chi connectivity index (χ1v) is 6.30. The molecule has 5 heteroatoms. The predicted molar refractivity (Wildman–Crippen MR) is 56.0 cm³/mol. The summed E-state index contributed by atoms with van der Waals surface area (Å²) < 4.78 is 24.2. The molecule has 2 rings (SSSR count). The van der Waals surface area contributed by atoms with Crippen molar-refractivity contribution in [1.29, 1.82) is 0 Å². The van der Waals surface area contributed by atoms with Gasteiger partial charge in [0, 0.05) is 34.8 Å². The van der Waals surface area contributed by atoms with E-state index in [2.05, 4.69) is 0 Å². The Bertz CT molecular complexity index is 586. The fourth-order valence-electron chi connectivity index (χ4n) is 1.50. The summed E-state index contributed by atoms with van der Waals surface area (Å²) in [5.74, 6) is 0. The molecule has 0 aliphatic rings. The summed E-state index contributed by atoms with van der Waals surface area (Å²) in [5, 5.41) is 0.657. The molecule has 1 aromatic carbocycles. The molecule has 0 saturated carbocycles. The Hall–Kier alpha value is -1.00. The first-order valence-electron chi connectivity index (χ1n) is 3.99. The lowest BCUT2D eigenvalue weighted by molar-refractivity contribution is 0.610. The molecule has 74 valence electrons. The number of hydrogen-bond donors (Lipinski definition) is 0. The van der Waals surface area contributed by atoms with Gasteiger partial charge in [-0.25, -0.2) is 8.42 Å². The second-order valence-corrected chi connectivity index (χ2v) is 5.59. The molecule has 0 unspecified atom stereocenters. The largest absolute Gasteiger partial charge is 0.349 e. The van der Waals surface area contributed by atoms with Crippen LogP contribution in [0.1, 0.15) is 0 Å². The second-order valence-electron chi connectivity index (χ2n) is 3.06. The summed E-state index contributed by atoms with van der Waals surface area (Å²) >= 11 is 0. The first-order chi connectivity index (χ1) is 6.50. The molecule has 1 aromatic heterocycles. The van der Waals surface area contributed by atoms with Crippen molar-refractivity contribution in [2.24, 2.45) is 7.05 Å². The van der Waals surface area contributed by atoms with Crippen LogP contribution in [-0.2, 0) is 16.1 Å². The standard InChI is InChI=1S/C9H8ClNO2S/c1-11-6-9(14(10,12)13)7-4-2-3-5-8(7)11/h2-6H,1H3. The van der Waals surface area contributed by atoms with Crippen LogP contribution in [0.4, 0.5) is 0 Å². The number of para-hydroxylation sites is 1. The summed E-state index contributed by atoms with van der Waals surface area (Å²) in [6, 6.07) is 7.23. The third-order valence-corrected chi connectivity index (χ3v) is 3.47. The number of benzene rings is 1. The topological polar surface area (TPSA) is 39.1 Å². The molecule has 3 nitrogen and oxygen atoms in total. The lowest BCUT2D eigenvalue weighted by Crippen LogP contribution is -1.88. The van der Waals surface area contributed by atoms with Crippen molar-refractivity contribution in [2.45, 2.75) is 4.90 Å². The van der Waals surface area contributed by atoms with E-state index in [0.717, 1.165) is 5.52 Å². The minimum absolute atomic E-state index is 0.164. The van der Waals surface area contributed by atoms with Gasteiger partial charge in [0.2, 0.25) is 0 Å². The van der Waals surface area contributed by atoms with E-state index in [-0.39, 0.29) is 4.90 Å². The van der Waals surface area contributed by atoms with E-state index in [0.29, 0.717) is 5.39 Å². The number of aryl methyl sites for hydroxylation is 1. The van der Waals surface area contributed by atoms with Crippen LogP contribution < -0.4 is 0 Å². The molecule has 0 aliphatic heterocycles. The van der Waals surface area contributed by atoms with Crippen molar-refractivity contribution in [3.8, 4) is 0 Å². The quantitative estimate of drug-likeness (QED) is 0.703. The van der Waals surface area contributed by atoms with Crippen LogP contribution >= 0.6 is 10.7 Å². The summed E-state index contributed by atoms with van der Waals surface area (Å²) in [6.07, 6.45) is 1.52. The zero-order chi connectivity index (χ0) is 10.3. The molecule has 0 spiro atoms. The van der Waals surface area contributed by atoms with Gasteiger partial charge in [-0.15, -0.1) is 0 Å². The Morgan fingerprint density at radius 2 is 1.93 bits per heavy atom. The van der Waals surface area contributed by atoms with Gasteiger partial charge in [0.05, 0.1) is 0 Å². The fourth-order valence-corrected chi connectivity index (χ4v) is 2.59. The number of aromatic nitrogens is 1. The van der Waals surface area contributed by atoms with Crippen LogP contribution in [0.5, 0.6) is 0 Å². The minimum atomic E-state index is -3.66. The Kier molecular flexibility index (Phi) is 2.05.